The van der Waals surface area contributed by atoms with Crippen molar-refractivity contribution in [3.05, 3.63) is 42.7 Å². The van der Waals surface area contributed by atoms with Gasteiger partial charge >= 0.3 is 0 Å². The van der Waals surface area contributed by atoms with Crippen LogP contribution in [-0.4, -0.2) is 58.8 Å². The summed E-state index contributed by atoms with van der Waals surface area (Å²) in [5.74, 6) is 1.89. The van der Waals surface area contributed by atoms with Gasteiger partial charge in [-0.05, 0) is 12.1 Å². The molecule has 1 N–H and O–H groups in total. The van der Waals surface area contributed by atoms with Gasteiger partial charge in [0.2, 0.25) is 11.8 Å². The smallest absolute Gasteiger partial charge is 0.226 e. The number of aryl methyl sites for hydroxylation is 1. The summed E-state index contributed by atoms with van der Waals surface area (Å²) in [7, 11) is 2.01. The summed E-state index contributed by atoms with van der Waals surface area (Å²) in [6.07, 6.45) is 3.74. The van der Waals surface area contributed by atoms with Crippen LogP contribution in [0.2, 0.25) is 0 Å². The van der Waals surface area contributed by atoms with E-state index in [-0.39, 0.29) is 0 Å². The van der Waals surface area contributed by atoms with Crippen molar-refractivity contribution in [3.63, 3.8) is 0 Å². The van der Waals surface area contributed by atoms with Crippen LogP contribution in [0.3, 0.4) is 0 Å². The zero-order chi connectivity index (χ0) is 17.8. The molecular weight excluding hydrogens is 330 g/mol. The largest absolute Gasteiger partial charge is 0.437 e. The van der Waals surface area contributed by atoms with E-state index in [1.807, 2.05) is 29.9 Å². The molecule has 7 heteroatoms. The van der Waals surface area contributed by atoms with Crippen molar-refractivity contribution in [3.8, 4) is 11.6 Å². The molecule has 4 rings (SSSR count). The van der Waals surface area contributed by atoms with Gasteiger partial charge < -0.3 is 19.4 Å². The summed E-state index contributed by atoms with van der Waals surface area (Å²) >= 11 is 0. The molecule has 136 valence electrons. The lowest BCUT2D eigenvalue weighted by Gasteiger charge is -2.26. The third-order valence-corrected chi connectivity index (χ3v) is 4.52. The van der Waals surface area contributed by atoms with Crippen molar-refractivity contribution in [1.82, 2.24) is 19.4 Å². The monoisotopic (exact) mass is 353 g/mol. The van der Waals surface area contributed by atoms with Crippen LogP contribution in [-0.2, 0) is 11.8 Å². The van der Waals surface area contributed by atoms with E-state index < -0.39 is 0 Å². The number of rotatable bonds is 6. The number of hydrogen-bond donors (Lipinski definition) is 1. The number of ether oxygens (including phenoxy) is 2. The van der Waals surface area contributed by atoms with Crippen LogP contribution >= 0.6 is 0 Å². The highest BCUT2D eigenvalue weighted by Gasteiger charge is 2.11. The quantitative estimate of drug-likeness (QED) is 0.735. The first-order chi connectivity index (χ1) is 12.8. The first-order valence-electron chi connectivity index (χ1n) is 8.88. The molecular formula is C19H23N5O2. The Labute approximate surface area is 152 Å². The number of hydrogen-bond acceptors (Lipinski definition) is 6. The minimum Gasteiger partial charge on any atom is -0.437 e. The van der Waals surface area contributed by atoms with E-state index in [0.717, 1.165) is 56.0 Å². The van der Waals surface area contributed by atoms with Crippen LogP contribution in [0.1, 0.15) is 0 Å². The molecule has 1 aromatic carbocycles. The predicted molar refractivity (Wildman–Crippen MR) is 101 cm³/mol. The van der Waals surface area contributed by atoms with Gasteiger partial charge in [0.05, 0.1) is 18.7 Å². The molecule has 26 heavy (non-hydrogen) atoms. The molecule has 7 nitrogen and oxygen atoms in total. The van der Waals surface area contributed by atoms with Gasteiger partial charge in [0.1, 0.15) is 0 Å². The Kier molecular flexibility index (Phi) is 4.99. The van der Waals surface area contributed by atoms with E-state index in [2.05, 4.69) is 32.3 Å². The first kappa shape index (κ1) is 16.8. The molecule has 0 unspecified atom stereocenters. The van der Waals surface area contributed by atoms with E-state index in [9.17, 15) is 0 Å². The lowest BCUT2D eigenvalue weighted by Crippen LogP contribution is -2.39. The summed E-state index contributed by atoms with van der Waals surface area (Å²) in [5, 5.41) is 4.41. The molecule has 0 amide bonds. The third-order valence-electron chi connectivity index (χ3n) is 4.52. The number of aromatic nitrogens is 3. The molecule has 0 spiro atoms. The zero-order valence-corrected chi connectivity index (χ0v) is 14.9. The molecule has 3 heterocycles. The highest BCUT2D eigenvalue weighted by Crippen LogP contribution is 2.29. The fourth-order valence-corrected chi connectivity index (χ4v) is 3.15. The van der Waals surface area contributed by atoms with Crippen molar-refractivity contribution >= 4 is 16.9 Å². The Balaban J connectivity index is 1.41. The molecule has 2 aromatic heterocycles. The van der Waals surface area contributed by atoms with Crippen LogP contribution in [0.15, 0.2) is 42.7 Å². The molecule has 0 saturated carbocycles. The van der Waals surface area contributed by atoms with Crippen LogP contribution in [0.4, 0.5) is 5.95 Å². The van der Waals surface area contributed by atoms with Gasteiger partial charge in [0, 0.05) is 57.1 Å². The molecule has 0 aliphatic carbocycles. The predicted octanol–water partition coefficient (Wildman–Crippen LogP) is 2.50. The molecule has 0 bridgehead atoms. The minimum atomic E-state index is 0.530. The highest BCUT2D eigenvalue weighted by molar-refractivity contribution is 5.86. The molecule has 1 aliphatic heterocycles. The molecule has 3 aromatic rings. The van der Waals surface area contributed by atoms with Gasteiger partial charge in [-0.1, -0.05) is 12.1 Å². The number of anilines is 1. The molecule has 1 aliphatic rings. The van der Waals surface area contributed by atoms with Crippen LogP contribution in [0.5, 0.6) is 11.6 Å². The van der Waals surface area contributed by atoms with E-state index in [4.69, 9.17) is 9.47 Å². The second-order valence-corrected chi connectivity index (χ2v) is 6.32. The SMILES string of the molecule is Cn1ccc2cccc(Oc3ccnc(NCCN4CCOCC4)n3)c21. The van der Waals surface area contributed by atoms with E-state index in [0.29, 0.717) is 11.8 Å². The molecule has 1 saturated heterocycles. The number of nitrogens with zero attached hydrogens (tertiary/aromatic N) is 4. The van der Waals surface area contributed by atoms with E-state index >= 15 is 0 Å². The fraction of sp³-hybridized carbons (Fsp3) is 0.368. The number of para-hydroxylation sites is 1. The average Bonchev–Trinajstić information content (AvgIpc) is 3.05. The number of nitrogens with one attached hydrogen (secondary N) is 1. The maximum Gasteiger partial charge on any atom is 0.226 e. The Hall–Kier alpha value is -2.64. The first-order valence-corrected chi connectivity index (χ1v) is 8.88. The van der Waals surface area contributed by atoms with Crippen molar-refractivity contribution in [2.45, 2.75) is 0 Å². The third kappa shape index (κ3) is 3.79. The minimum absolute atomic E-state index is 0.530. The van der Waals surface area contributed by atoms with E-state index in [1.165, 1.54) is 0 Å². The van der Waals surface area contributed by atoms with Gasteiger partial charge in [0.25, 0.3) is 0 Å². The summed E-state index contributed by atoms with van der Waals surface area (Å²) in [6.45, 7) is 5.31. The Morgan fingerprint density at radius 1 is 1.19 bits per heavy atom. The number of fused-ring (bicyclic) bond motifs is 1. The van der Waals surface area contributed by atoms with Gasteiger partial charge in [-0.25, -0.2) is 4.98 Å². The van der Waals surface area contributed by atoms with Crippen molar-refractivity contribution in [2.75, 3.05) is 44.7 Å². The maximum atomic E-state index is 6.03. The number of benzene rings is 1. The topological polar surface area (TPSA) is 64.4 Å². The maximum absolute atomic E-state index is 6.03. The second kappa shape index (κ2) is 7.72. The summed E-state index contributed by atoms with van der Waals surface area (Å²) in [6, 6.07) is 9.85. The van der Waals surface area contributed by atoms with E-state index in [1.54, 1.807) is 12.3 Å². The lowest BCUT2D eigenvalue weighted by molar-refractivity contribution is 0.0398. The van der Waals surface area contributed by atoms with Crippen LogP contribution in [0, 0.1) is 0 Å². The molecule has 1 fully saturated rings. The Morgan fingerprint density at radius 2 is 2.08 bits per heavy atom. The van der Waals surface area contributed by atoms with Crippen LogP contribution in [0.25, 0.3) is 10.9 Å². The van der Waals surface area contributed by atoms with Crippen LogP contribution < -0.4 is 10.1 Å². The Bertz CT molecular complexity index is 873. The zero-order valence-electron chi connectivity index (χ0n) is 14.9. The Morgan fingerprint density at radius 3 is 2.96 bits per heavy atom. The summed E-state index contributed by atoms with van der Waals surface area (Å²) in [5.41, 5.74) is 1.05. The molecule has 0 atom stereocenters. The second-order valence-electron chi connectivity index (χ2n) is 6.32. The van der Waals surface area contributed by atoms with Gasteiger partial charge in [-0.3, -0.25) is 4.90 Å². The highest BCUT2D eigenvalue weighted by atomic mass is 16.5. The van der Waals surface area contributed by atoms with Crippen molar-refractivity contribution < 1.29 is 9.47 Å². The lowest BCUT2D eigenvalue weighted by atomic mass is 10.2. The number of morpholine rings is 1. The van der Waals surface area contributed by atoms with Crippen molar-refractivity contribution in [1.29, 1.82) is 0 Å². The van der Waals surface area contributed by atoms with Crippen molar-refractivity contribution in [2.24, 2.45) is 7.05 Å². The fourth-order valence-electron chi connectivity index (χ4n) is 3.15. The van der Waals surface area contributed by atoms with Gasteiger partial charge in [0.15, 0.2) is 5.75 Å². The molecule has 0 radical (unpaired) electrons. The van der Waals surface area contributed by atoms with Gasteiger partial charge in [-0.15, -0.1) is 0 Å². The normalized spacial score (nSPS) is 15.3. The summed E-state index contributed by atoms with van der Waals surface area (Å²) < 4.78 is 13.4. The average molecular weight is 353 g/mol. The van der Waals surface area contributed by atoms with Gasteiger partial charge in [-0.2, -0.15) is 4.98 Å². The standard InChI is InChI=1S/C19H23N5O2/c1-23-9-6-15-3-2-4-16(18(15)23)26-17-5-7-20-19(22-17)21-8-10-24-11-13-25-14-12-24/h2-7,9H,8,10-14H2,1H3,(H,20,21,22). The summed E-state index contributed by atoms with van der Waals surface area (Å²) in [4.78, 5) is 11.1.